The second-order valence-corrected chi connectivity index (χ2v) is 5.57. The van der Waals surface area contributed by atoms with Gasteiger partial charge in [0.05, 0.1) is 0 Å². The van der Waals surface area contributed by atoms with E-state index < -0.39 is 0 Å². The van der Waals surface area contributed by atoms with Crippen molar-refractivity contribution >= 4 is 0 Å². The molecule has 2 rings (SSSR count). The average molecular weight is 197 g/mol. The summed E-state index contributed by atoms with van der Waals surface area (Å²) in [4.78, 5) is 2.58. The lowest BCUT2D eigenvalue weighted by atomic mass is 9.78. The lowest BCUT2D eigenvalue weighted by molar-refractivity contribution is -0.00748. The van der Waals surface area contributed by atoms with Crippen LogP contribution in [-0.4, -0.2) is 35.7 Å². The Morgan fingerprint density at radius 2 is 1.64 bits per heavy atom. The van der Waals surface area contributed by atoms with Crippen molar-refractivity contribution in [2.45, 2.75) is 39.2 Å². The maximum absolute atomic E-state index is 8.98. The maximum atomic E-state index is 8.98. The minimum Gasteiger partial charge on any atom is -0.396 e. The van der Waals surface area contributed by atoms with Gasteiger partial charge in [0, 0.05) is 31.7 Å². The zero-order valence-corrected chi connectivity index (χ0v) is 9.45. The normalized spacial score (nSPS) is 40.9. The topological polar surface area (TPSA) is 23.5 Å². The fourth-order valence-electron chi connectivity index (χ4n) is 3.23. The summed E-state index contributed by atoms with van der Waals surface area (Å²) in [5, 5.41) is 8.98. The van der Waals surface area contributed by atoms with Crippen molar-refractivity contribution in [2.75, 3.05) is 19.7 Å². The van der Waals surface area contributed by atoms with Crippen molar-refractivity contribution in [1.82, 2.24) is 4.90 Å². The quantitative estimate of drug-likeness (QED) is 0.729. The van der Waals surface area contributed by atoms with Crippen molar-refractivity contribution in [3.8, 4) is 0 Å². The van der Waals surface area contributed by atoms with Crippen LogP contribution in [-0.2, 0) is 0 Å². The van der Waals surface area contributed by atoms with Crippen LogP contribution in [0.4, 0.5) is 0 Å². The van der Waals surface area contributed by atoms with Gasteiger partial charge in [-0.2, -0.15) is 0 Å². The predicted octanol–water partition coefficient (Wildman–Crippen LogP) is 1.74. The summed E-state index contributed by atoms with van der Waals surface area (Å²) in [6.07, 6.45) is 4.17. The third-order valence-electron chi connectivity index (χ3n) is 3.91. The molecule has 14 heavy (non-hydrogen) atoms. The molecule has 2 nitrogen and oxygen atoms in total. The van der Waals surface area contributed by atoms with E-state index in [2.05, 4.69) is 18.7 Å². The Morgan fingerprint density at radius 1 is 1.07 bits per heavy atom. The zero-order valence-electron chi connectivity index (χ0n) is 9.45. The molecule has 2 heteroatoms. The van der Waals surface area contributed by atoms with Crippen molar-refractivity contribution in [3.63, 3.8) is 0 Å². The molecule has 2 fully saturated rings. The maximum Gasteiger partial charge on any atom is 0.0483 e. The summed E-state index contributed by atoms with van der Waals surface area (Å²) in [6.45, 7) is 7.42. The molecular weight excluding hydrogens is 174 g/mol. The Labute approximate surface area is 87.3 Å². The largest absolute Gasteiger partial charge is 0.396 e. The molecule has 0 aromatic rings. The Bertz CT molecular complexity index is 179. The number of likely N-dealkylation sites (tertiary alicyclic amines) is 1. The van der Waals surface area contributed by atoms with Gasteiger partial charge in [0.25, 0.3) is 0 Å². The van der Waals surface area contributed by atoms with Crippen LogP contribution in [0.25, 0.3) is 0 Å². The molecule has 82 valence electrons. The molecule has 0 amide bonds. The molecule has 0 spiro atoms. The average Bonchev–Trinajstić information content (AvgIpc) is 2.00. The SMILES string of the molecule is CC1CC(C)CC(N2CC(CO)C2)C1. The zero-order chi connectivity index (χ0) is 10.1. The van der Waals surface area contributed by atoms with Crippen molar-refractivity contribution in [3.05, 3.63) is 0 Å². The van der Waals surface area contributed by atoms with Gasteiger partial charge in [-0.25, -0.2) is 0 Å². The predicted molar refractivity (Wildman–Crippen MR) is 58.1 cm³/mol. The summed E-state index contributed by atoms with van der Waals surface area (Å²) in [5.41, 5.74) is 0. The third kappa shape index (κ3) is 2.12. The molecule has 1 saturated carbocycles. The van der Waals surface area contributed by atoms with Crippen LogP contribution in [0.5, 0.6) is 0 Å². The number of hydrogen-bond donors (Lipinski definition) is 1. The van der Waals surface area contributed by atoms with Crippen LogP contribution in [0.3, 0.4) is 0 Å². The highest BCUT2D eigenvalue weighted by Gasteiger charge is 2.35. The van der Waals surface area contributed by atoms with Gasteiger partial charge >= 0.3 is 0 Å². The van der Waals surface area contributed by atoms with E-state index in [-0.39, 0.29) is 0 Å². The van der Waals surface area contributed by atoms with Crippen LogP contribution < -0.4 is 0 Å². The molecule has 1 N–H and O–H groups in total. The van der Waals surface area contributed by atoms with E-state index in [0.29, 0.717) is 12.5 Å². The minimum atomic E-state index is 0.383. The van der Waals surface area contributed by atoms with Gasteiger partial charge in [0.2, 0.25) is 0 Å². The van der Waals surface area contributed by atoms with Crippen LogP contribution in [0, 0.1) is 17.8 Å². The van der Waals surface area contributed by atoms with E-state index in [4.69, 9.17) is 5.11 Å². The van der Waals surface area contributed by atoms with Crippen LogP contribution >= 0.6 is 0 Å². The van der Waals surface area contributed by atoms with Crippen molar-refractivity contribution in [2.24, 2.45) is 17.8 Å². The van der Waals surface area contributed by atoms with E-state index in [1.165, 1.54) is 19.3 Å². The van der Waals surface area contributed by atoms with Crippen molar-refractivity contribution in [1.29, 1.82) is 0 Å². The van der Waals surface area contributed by atoms with Gasteiger partial charge in [0.1, 0.15) is 0 Å². The molecule has 2 atom stereocenters. The van der Waals surface area contributed by atoms with E-state index in [0.717, 1.165) is 31.0 Å². The summed E-state index contributed by atoms with van der Waals surface area (Å²) in [6, 6.07) is 0.816. The monoisotopic (exact) mass is 197 g/mol. The molecule has 1 aliphatic carbocycles. The van der Waals surface area contributed by atoms with Crippen LogP contribution in [0.15, 0.2) is 0 Å². The summed E-state index contributed by atoms with van der Waals surface area (Å²) in [5.74, 6) is 2.37. The Hall–Kier alpha value is -0.0800. The lowest BCUT2D eigenvalue weighted by Crippen LogP contribution is -2.54. The van der Waals surface area contributed by atoms with Crippen LogP contribution in [0.1, 0.15) is 33.1 Å². The molecule has 1 heterocycles. The molecule has 2 aliphatic rings. The highest BCUT2D eigenvalue weighted by atomic mass is 16.3. The molecule has 0 aromatic carbocycles. The Balaban J connectivity index is 1.81. The van der Waals surface area contributed by atoms with E-state index >= 15 is 0 Å². The summed E-state index contributed by atoms with van der Waals surface area (Å²) >= 11 is 0. The number of hydrogen-bond acceptors (Lipinski definition) is 2. The first-order valence-electron chi connectivity index (χ1n) is 6.04. The second-order valence-electron chi connectivity index (χ2n) is 5.57. The first kappa shape index (κ1) is 10.4. The highest BCUT2D eigenvalue weighted by molar-refractivity contribution is 4.89. The van der Waals surface area contributed by atoms with Crippen LogP contribution in [0.2, 0.25) is 0 Å². The van der Waals surface area contributed by atoms with Gasteiger partial charge in [-0.15, -0.1) is 0 Å². The van der Waals surface area contributed by atoms with E-state index in [9.17, 15) is 0 Å². The fraction of sp³-hybridized carbons (Fsp3) is 1.00. The highest BCUT2D eigenvalue weighted by Crippen LogP contribution is 2.34. The Morgan fingerprint density at radius 3 is 2.14 bits per heavy atom. The molecule has 1 aliphatic heterocycles. The first-order chi connectivity index (χ1) is 6.69. The van der Waals surface area contributed by atoms with Gasteiger partial charge in [0.15, 0.2) is 0 Å². The number of aliphatic hydroxyl groups is 1. The molecule has 0 bridgehead atoms. The number of aliphatic hydroxyl groups excluding tert-OH is 1. The summed E-state index contributed by atoms with van der Waals surface area (Å²) in [7, 11) is 0. The number of nitrogens with zero attached hydrogens (tertiary/aromatic N) is 1. The van der Waals surface area contributed by atoms with Gasteiger partial charge < -0.3 is 5.11 Å². The molecular formula is C12H23NO. The van der Waals surface area contributed by atoms with E-state index in [1.807, 2.05) is 0 Å². The minimum absolute atomic E-state index is 0.383. The summed E-state index contributed by atoms with van der Waals surface area (Å²) < 4.78 is 0. The second kappa shape index (κ2) is 4.19. The van der Waals surface area contributed by atoms with E-state index in [1.54, 1.807) is 0 Å². The van der Waals surface area contributed by atoms with Crippen molar-refractivity contribution < 1.29 is 5.11 Å². The Kier molecular flexibility index (Phi) is 3.13. The fourth-order valence-corrected chi connectivity index (χ4v) is 3.23. The van der Waals surface area contributed by atoms with Gasteiger partial charge in [-0.3, -0.25) is 4.90 Å². The molecule has 1 saturated heterocycles. The number of rotatable bonds is 2. The van der Waals surface area contributed by atoms with Gasteiger partial charge in [-0.1, -0.05) is 13.8 Å². The lowest BCUT2D eigenvalue weighted by Gasteiger charge is -2.47. The molecule has 2 unspecified atom stereocenters. The standard InChI is InChI=1S/C12H23NO/c1-9-3-10(2)5-12(4-9)13-6-11(7-13)8-14/h9-12,14H,3-8H2,1-2H3. The molecule has 0 aromatic heterocycles. The first-order valence-corrected chi connectivity index (χ1v) is 6.04. The smallest absolute Gasteiger partial charge is 0.0483 e. The van der Waals surface area contributed by atoms with Gasteiger partial charge in [-0.05, 0) is 31.1 Å². The molecule has 0 radical (unpaired) electrons. The third-order valence-corrected chi connectivity index (χ3v) is 3.91.